The lowest BCUT2D eigenvalue weighted by Crippen LogP contribution is -2.14. The van der Waals surface area contributed by atoms with E-state index >= 15 is 0 Å². The molecular weight excluding hydrogens is 370 g/mol. The lowest BCUT2D eigenvalue weighted by molar-refractivity contribution is 0.102. The van der Waals surface area contributed by atoms with Crippen LogP contribution in [0.4, 0.5) is 5.69 Å². The first-order valence-corrected chi connectivity index (χ1v) is 8.90. The van der Waals surface area contributed by atoms with Crippen molar-refractivity contribution in [1.29, 1.82) is 0 Å². The van der Waals surface area contributed by atoms with Crippen LogP contribution in [-0.2, 0) is 0 Å². The topological polar surface area (TPSA) is 102 Å². The zero-order valence-electron chi connectivity index (χ0n) is 16.2. The third-order valence-corrected chi connectivity index (χ3v) is 4.53. The molecule has 0 radical (unpaired) electrons. The summed E-state index contributed by atoms with van der Waals surface area (Å²) < 4.78 is 10.4. The van der Waals surface area contributed by atoms with E-state index in [1.807, 2.05) is 25.1 Å². The molecule has 29 heavy (non-hydrogen) atoms. The highest BCUT2D eigenvalue weighted by Gasteiger charge is 2.16. The van der Waals surface area contributed by atoms with Gasteiger partial charge in [-0.05, 0) is 42.8 Å². The summed E-state index contributed by atoms with van der Waals surface area (Å²) in [5, 5.41) is 9.99. The van der Waals surface area contributed by atoms with Crippen LogP contribution >= 0.6 is 0 Å². The zero-order chi connectivity index (χ0) is 20.4. The Morgan fingerprint density at radius 2 is 1.86 bits per heavy atom. The summed E-state index contributed by atoms with van der Waals surface area (Å²) in [5.74, 6) is 1.04. The lowest BCUT2D eigenvalue weighted by Gasteiger charge is -2.08. The van der Waals surface area contributed by atoms with E-state index in [0.717, 1.165) is 16.9 Å². The van der Waals surface area contributed by atoms with Crippen molar-refractivity contribution in [2.24, 2.45) is 0 Å². The monoisotopic (exact) mass is 389 g/mol. The number of nitrogens with zero attached hydrogens (tertiary/aromatic N) is 3. The van der Waals surface area contributed by atoms with Crippen molar-refractivity contribution in [1.82, 2.24) is 20.2 Å². The van der Waals surface area contributed by atoms with Crippen molar-refractivity contribution in [3.8, 4) is 22.8 Å². The standard InChI is InChI=1S/C21H19N5O3/c1-12-9-15(29-3)7-8-16(12)18-19-20(26-25-18)22-11-17(24-19)21(27)23-13-5-4-6-14(10-13)28-2/h4-11H,1-3H3,(H,23,27)(H,22,25,26). The molecule has 0 spiro atoms. The molecule has 146 valence electrons. The fourth-order valence-electron chi connectivity index (χ4n) is 3.03. The van der Waals surface area contributed by atoms with Gasteiger partial charge in [-0.1, -0.05) is 6.07 Å². The fraction of sp³-hybridized carbons (Fsp3) is 0.143. The molecule has 2 aromatic heterocycles. The van der Waals surface area contributed by atoms with E-state index in [9.17, 15) is 4.79 Å². The quantitative estimate of drug-likeness (QED) is 0.541. The molecule has 1 amide bonds. The van der Waals surface area contributed by atoms with Gasteiger partial charge >= 0.3 is 0 Å². The van der Waals surface area contributed by atoms with Gasteiger partial charge in [0.25, 0.3) is 5.91 Å². The molecule has 0 aliphatic rings. The molecule has 0 bridgehead atoms. The van der Waals surface area contributed by atoms with Crippen LogP contribution in [0.5, 0.6) is 11.5 Å². The highest BCUT2D eigenvalue weighted by Crippen LogP contribution is 2.29. The van der Waals surface area contributed by atoms with E-state index in [1.54, 1.807) is 38.5 Å². The van der Waals surface area contributed by atoms with Crippen molar-refractivity contribution in [2.45, 2.75) is 6.92 Å². The Kier molecular flexibility index (Phi) is 4.82. The summed E-state index contributed by atoms with van der Waals surface area (Å²) in [6.45, 7) is 1.97. The first-order chi connectivity index (χ1) is 14.1. The number of nitrogens with one attached hydrogen (secondary N) is 2. The summed E-state index contributed by atoms with van der Waals surface area (Å²) in [6, 6.07) is 12.8. The minimum Gasteiger partial charge on any atom is -0.497 e. The third-order valence-electron chi connectivity index (χ3n) is 4.53. The van der Waals surface area contributed by atoms with Crippen LogP contribution in [0, 0.1) is 6.92 Å². The van der Waals surface area contributed by atoms with Crippen LogP contribution in [-0.4, -0.2) is 40.3 Å². The van der Waals surface area contributed by atoms with Gasteiger partial charge in [-0.3, -0.25) is 9.89 Å². The minimum atomic E-state index is -0.369. The molecule has 8 heteroatoms. The summed E-state index contributed by atoms with van der Waals surface area (Å²) >= 11 is 0. The van der Waals surface area contributed by atoms with Gasteiger partial charge in [0, 0.05) is 17.3 Å². The Morgan fingerprint density at radius 1 is 1.07 bits per heavy atom. The molecule has 0 aliphatic carbocycles. The zero-order valence-corrected chi connectivity index (χ0v) is 16.2. The molecule has 0 saturated heterocycles. The number of hydrogen-bond acceptors (Lipinski definition) is 6. The number of aromatic nitrogens is 4. The van der Waals surface area contributed by atoms with Gasteiger partial charge in [0.15, 0.2) is 5.65 Å². The molecule has 0 unspecified atom stereocenters. The minimum absolute atomic E-state index is 0.189. The normalized spacial score (nSPS) is 10.7. The van der Waals surface area contributed by atoms with E-state index in [2.05, 4.69) is 25.5 Å². The Labute approximate surface area is 166 Å². The molecule has 2 N–H and O–H groups in total. The van der Waals surface area contributed by atoms with Crippen molar-refractivity contribution >= 4 is 22.8 Å². The molecular formula is C21H19N5O3. The van der Waals surface area contributed by atoms with E-state index in [4.69, 9.17) is 9.47 Å². The van der Waals surface area contributed by atoms with Crippen LogP contribution in [0.1, 0.15) is 16.1 Å². The molecule has 8 nitrogen and oxygen atoms in total. The van der Waals surface area contributed by atoms with Crippen LogP contribution in [0.3, 0.4) is 0 Å². The predicted octanol–water partition coefficient (Wildman–Crippen LogP) is 3.60. The molecule has 0 aliphatic heterocycles. The highest BCUT2D eigenvalue weighted by molar-refractivity contribution is 6.04. The Morgan fingerprint density at radius 3 is 2.62 bits per heavy atom. The molecule has 4 aromatic rings. The summed E-state index contributed by atoms with van der Waals surface area (Å²) in [6.07, 6.45) is 1.41. The van der Waals surface area contributed by atoms with Crippen molar-refractivity contribution < 1.29 is 14.3 Å². The summed E-state index contributed by atoms with van der Waals surface area (Å²) in [7, 11) is 3.20. The number of methoxy groups -OCH3 is 2. The maximum atomic E-state index is 12.7. The van der Waals surface area contributed by atoms with Gasteiger partial charge in [0.2, 0.25) is 0 Å². The maximum Gasteiger partial charge on any atom is 0.275 e. The van der Waals surface area contributed by atoms with Crippen LogP contribution in [0.15, 0.2) is 48.7 Å². The number of ether oxygens (including phenoxy) is 2. The largest absolute Gasteiger partial charge is 0.497 e. The average Bonchev–Trinajstić information content (AvgIpc) is 3.16. The number of anilines is 1. The first kappa shape index (κ1) is 18.4. The Hall–Kier alpha value is -3.94. The second-order valence-electron chi connectivity index (χ2n) is 6.39. The fourth-order valence-corrected chi connectivity index (χ4v) is 3.03. The number of hydrogen-bond donors (Lipinski definition) is 2. The lowest BCUT2D eigenvalue weighted by atomic mass is 10.0. The number of benzene rings is 2. The Balaban J connectivity index is 1.69. The van der Waals surface area contributed by atoms with Crippen LogP contribution in [0.2, 0.25) is 0 Å². The van der Waals surface area contributed by atoms with Gasteiger partial charge in [-0.15, -0.1) is 0 Å². The molecule has 4 rings (SSSR count). The number of H-pyrrole nitrogens is 1. The van der Waals surface area contributed by atoms with Crippen molar-refractivity contribution in [3.05, 3.63) is 59.9 Å². The molecule has 0 fully saturated rings. The van der Waals surface area contributed by atoms with Gasteiger partial charge in [-0.2, -0.15) is 5.10 Å². The van der Waals surface area contributed by atoms with E-state index in [1.165, 1.54) is 6.20 Å². The second kappa shape index (κ2) is 7.59. The third kappa shape index (κ3) is 3.60. The predicted molar refractivity (Wildman–Crippen MR) is 109 cm³/mol. The summed E-state index contributed by atoms with van der Waals surface area (Å²) in [5.41, 5.74) is 4.35. The van der Waals surface area contributed by atoms with Crippen LogP contribution in [0.25, 0.3) is 22.4 Å². The molecule has 2 aromatic carbocycles. The number of amides is 1. The Bertz CT molecular complexity index is 1200. The van der Waals surface area contributed by atoms with E-state index < -0.39 is 0 Å². The van der Waals surface area contributed by atoms with Gasteiger partial charge in [0.05, 0.1) is 26.1 Å². The first-order valence-electron chi connectivity index (χ1n) is 8.90. The number of aryl methyl sites for hydroxylation is 1. The maximum absolute atomic E-state index is 12.7. The van der Waals surface area contributed by atoms with Gasteiger partial charge < -0.3 is 14.8 Å². The SMILES string of the molecule is COc1cccc(NC(=O)c2cnc3n[nH]c(-c4ccc(OC)cc4C)c3n2)c1. The van der Waals surface area contributed by atoms with Crippen LogP contribution < -0.4 is 14.8 Å². The number of aromatic amines is 1. The molecule has 0 atom stereocenters. The number of carbonyl (C=O) groups is 1. The van der Waals surface area contributed by atoms with Gasteiger partial charge in [0.1, 0.15) is 22.7 Å². The number of fused-ring (bicyclic) bond motifs is 1. The second-order valence-corrected chi connectivity index (χ2v) is 6.39. The van der Waals surface area contributed by atoms with Gasteiger partial charge in [-0.25, -0.2) is 9.97 Å². The molecule has 0 saturated carbocycles. The summed E-state index contributed by atoms with van der Waals surface area (Å²) in [4.78, 5) is 21.5. The number of carbonyl (C=O) groups excluding carboxylic acids is 1. The van der Waals surface area contributed by atoms with Crippen molar-refractivity contribution in [2.75, 3.05) is 19.5 Å². The average molecular weight is 389 g/mol. The highest BCUT2D eigenvalue weighted by atomic mass is 16.5. The van der Waals surface area contributed by atoms with E-state index in [-0.39, 0.29) is 11.6 Å². The van der Waals surface area contributed by atoms with Crippen molar-refractivity contribution in [3.63, 3.8) is 0 Å². The smallest absolute Gasteiger partial charge is 0.275 e. The number of rotatable bonds is 5. The van der Waals surface area contributed by atoms with E-state index in [0.29, 0.717) is 28.3 Å². The molecule has 2 heterocycles.